The highest BCUT2D eigenvalue weighted by Crippen LogP contribution is 2.48. The molecule has 2 bridgehead atoms. The van der Waals surface area contributed by atoms with Crippen LogP contribution in [0.2, 0.25) is 0 Å². The minimum absolute atomic E-state index is 0.145. The van der Waals surface area contributed by atoms with Crippen molar-refractivity contribution >= 4 is 5.91 Å². The molecule has 92 valence electrons. The molecule has 3 nitrogen and oxygen atoms in total. The SMILES string of the molecule is CC(C)(CC(N)=O)NCC1CC2CCC1C2. The summed E-state index contributed by atoms with van der Waals surface area (Å²) in [7, 11) is 0. The molecule has 0 saturated heterocycles. The lowest BCUT2D eigenvalue weighted by Gasteiger charge is -2.29. The van der Waals surface area contributed by atoms with Gasteiger partial charge in [0.2, 0.25) is 5.91 Å². The summed E-state index contributed by atoms with van der Waals surface area (Å²) in [6, 6.07) is 0. The van der Waals surface area contributed by atoms with Gasteiger partial charge < -0.3 is 11.1 Å². The average Bonchev–Trinajstić information content (AvgIpc) is 2.73. The highest BCUT2D eigenvalue weighted by atomic mass is 16.1. The first kappa shape index (κ1) is 11.9. The molecule has 16 heavy (non-hydrogen) atoms. The molecule has 0 spiro atoms. The molecular weight excluding hydrogens is 200 g/mol. The highest BCUT2D eigenvalue weighted by Gasteiger charge is 2.39. The van der Waals surface area contributed by atoms with Crippen LogP contribution in [0.4, 0.5) is 0 Å². The Labute approximate surface area is 98.2 Å². The van der Waals surface area contributed by atoms with Crippen LogP contribution in [0.1, 0.15) is 46.0 Å². The van der Waals surface area contributed by atoms with Gasteiger partial charge in [0.05, 0.1) is 0 Å². The number of rotatable bonds is 5. The first-order valence-corrected chi connectivity index (χ1v) is 6.49. The van der Waals surface area contributed by atoms with Crippen LogP contribution in [-0.4, -0.2) is 18.0 Å². The number of carbonyl (C=O) groups is 1. The van der Waals surface area contributed by atoms with E-state index < -0.39 is 0 Å². The predicted octanol–water partition coefficient (Wildman–Crippen LogP) is 1.67. The number of carbonyl (C=O) groups excluding carboxylic acids is 1. The van der Waals surface area contributed by atoms with Crippen LogP contribution in [0.3, 0.4) is 0 Å². The van der Waals surface area contributed by atoms with E-state index in [0.717, 1.165) is 24.3 Å². The number of fused-ring (bicyclic) bond motifs is 2. The zero-order chi connectivity index (χ0) is 11.8. The minimum Gasteiger partial charge on any atom is -0.370 e. The third kappa shape index (κ3) is 2.76. The molecule has 3 unspecified atom stereocenters. The molecule has 2 rings (SSSR count). The third-order valence-electron chi connectivity index (χ3n) is 4.34. The van der Waals surface area contributed by atoms with Crippen molar-refractivity contribution in [1.82, 2.24) is 5.32 Å². The van der Waals surface area contributed by atoms with Gasteiger partial charge in [-0.15, -0.1) is 0 Å². The van der Waals surface area contributed by atoms with E-state index in [0.29, 0.717) is 6.42 Å². The molecule has 2 fully saturated rings. The van der Waals surface area contributed by atoms with E-state index in [1.807, 2.05) is 0 Å². The van der Waals surface area contributed by atoms with Crippen LogP contribution in [-0.2, 0) is 4.79 Å². The van der Waals surface area contributed by atoms with Crippen LogP contribution in [0.5, 0.6) is 0 Å². The Balaban J connectivity index is 1.76. The Bertz CT molecular complexity index is 275. The van der Waals surface area contributed by atoms with E-state index in [9.17, 15) is 4.79 Å². The summed E-state index contributed by atoms with van der Waals surface area (Å²) < 4.78 is 0. The van der Waals surface area contributed by atoms with Crippen molar-refractivity contribution in [3.8, 4) is 0 Å². The van der Waals surface area contributed by atoms with Gasteiger partial charge >= 0.3 is 0 Å². The maximum absolute atomic E-state index is 10.9. The molecule has 0 aromatic carbocycles. The molecular formula is C13H24N2O. The maximum atomic E-state index is 10.9. The Morgan fingerprint density at radius 1 is 1.38 bits per heavy atom. The lowest BCUT2D eigenvalue weighted by Crippen LogP contribution is -2.45. The molecule has 3 N–H and O–H groups in total. The Hall–Kier alpha value is -0.570. The fraction of sp³-hybridized carbons (Fsp3) is 0.923. The van der Waals surface area contributed by atoms with Crippen molar-refractivity contribution in [3.05, 3.63) is 0 Å². The number of hydrogen-bond donors (Lipinski definition) is 2. The van der Waals surface area contributed by atoms with Gasteiger partial charge in [-0.1, -0.05) is 6.42 Å². The van der Waals surface area contributed by atoms with Crippen molar-refractivity contribution in [2.45, 2.75) is 51.5 Å². The third-order valence-corrected chi connectivity index (χ3v) is 4.34. The predicted molar refractivity (Wildman–Crippen MR) is 64.8 cm³/mol. The van der Waals surface area contributed by atoms with Crippen LogP contribution in [0.25, 0.3) is 0 Å². The normalized spacial score (nSPS) is 33.2. The summed E-state index contributed by atoms with van der Waals surface area (Å²) in [5.41, 5.74) is 5.10. The molecule has 0 radical (unpaired) electrons. The lowest BCUT2D eigenvalue weighted by molar-refractivity contribution is -0.119. The smallest absolute Gasteiger partial charge is 0.219 e. The van der Waals surface area contributed by atoms with Crippen LogP contribution in [0, 0.1) is 17.8 Å². The van der Waals surface area contributed by atoms with Gasteiger partial charge in [0, 0.05) is 12.0 Å². The first-order chi connectivity index (χ1) is 7.46. The highest BCUT2D eigenvalue weighted by molar-refractivity contribution is 5.74. The van der Waals surface area contributed by atoms with E-state index >= 15 is 0 Å². The van der Waals surface area contributed by atoms with Crippen molar-refractivity contribution in [3.63, 3.8) is 0 Å². The number of amides is 1. The molecule has 2 aliphatic carbocycles. The van der Waals surface area contributed by atoms with Gasteiger partial charge in [-0.05, 0) is 57.4 Å². The first-order valence-electron chi connectivity index (χ1n) is 6.49. The number of nitrogens with one attached hydrogen (secondary N) is 1. The zero-order valence-electron chi connectivity index (χ0n) is 10.5. The topological polar surface area (TPSA) is 55.1 Å². The van der Waals surface area contributed by atoms with E-state index in [4.69, 9.17) is 5.73 Å². The number of nitrogens with two attached hydrogens (primary N) is 1. The summed E-state index contributed by atoms with van der Waals surface area (Å²) in [6.45, 7) is 5.18. The second-order valence-electron chi connectivity index (χ2n) is 6.34. The van der Waals surface area contributed by atoms with Crippen LogP contribution >= 0.6 is 0 Å². The van der Waals surface area contributed by atoms with Gasteiger partial charge in [0.1, 0.15) is 0 Å². The average molecular weight is 224 g/mol. The molecule has 2 aliphatic rings. The van der Waals surface area contributed by atoms with Gasteiger partial charge in [-0.25, -0.2) is 0 Å². The molecule has 1 amide bonds. The van der Waals surface area contributed by atoms with Gasteiger partial charge in [-0.3, -0.25) is 4.79 Å². The molecule has 3 heteroatoms. The quantitative estimate of drug-likeness (QED) is 0.746. The van der Waals surface area contributed by atoms with Gasteiger partial charge in [-0.2, -0.15) is 0 Å². The molecule has 0 heterocycles. The second kappa shape index (κ2) is 4.36. The second-order valence-corrected chi connectivity index (χ2v) is 6.34. The minimum atomic E-state index is -0.217. The summed E-state index contributed by atoms with van der Waals surface area (Å²) in [6.07, 6.45) is 6.14. The fourth-order valence-electron chi connectivity index (χ4n) is 3.53. The Kier molecular flexibility index (Phi) is 3.24. The van der Waals surface area contributed by atoms with Crippen molar-refractivity contribution < 1.29 is 4.79 Å². The molecule has 0 aliphatic heterocycles. The molecule has 0 aromatic heterocycles. The summed E-state index contributed by atoms with van der Waals surface area (Å²) in [4.78, 5) is 10.9. The standard InChI is InChI=1S/C13H24N2O/c1-13(2,7-12(14)16)15-8-11-6-9-3-4-10(11)5-9/h9-11,15H,3-8H2,1-2H3,(H2,14,16). The number of primary amides is 1. The van der Waals surface area contributed by atoms with E-state index in [2.05, 4.69) is 19.2 Å². The van der Waals surface area contributed by atoms with Crippen molar-refractivity contribution in [2.75, 3.05) is 6.54 Å². The molecule has 3 atom stereocenters. The van der Waals surface area contributed by atoms with Crippen LogP contribution in [0.15, 0.2) is 0 Å². The number of hydrogen-bond acceptors (Lipinski definition) is 2. The Morgan fingerprint density at radius 2 is 2.12 bits per heavy atom. The monoisotopic (exact) mass is 224 g/mol. The van der Waals surface area contributed by atoms with Gasteiger partial charge in [0.25, 0.3) is 0 Å². The van der Waals surface area contributed by atoms with Crippen molar-refractivity contribution in [2.24, 2.45) is 23.5 Å². The van der Waals surface area contributed by atoms with E-state index in [-0.39, 0.29) is 11.4 Å². The lowest BCUT2D eigenvalue weighted by atomic mass is 9.88. The summed E-state index contributed by atoms with van der Waals surface area (Å²) >= 11 is 0. The summed E-state index contributed by atoms with van der Waals surface area (Å²) in [5.74, 6) is 2.56. The zero-order valence-corrected chi connectivity index (χ0v) is 10.5. The van der Waals surface area contributed by atoms with E-state index in [1.54, 1.807) is 0 Å². The van der Waals surface area contributed by atoms with Gasteiger partial charge in [0.15, 0.2) is 0 Å². The Morgan fingerprint density at radius 3 is 2.62 bits per heavy atom. The largest absolute Gasteiger partial charge is 0.370 e. The van der Waals surface area contributed by atoms with Crippen molar-refractivity contribution in [1.29, 1.82) is 0 Å². The van der Waals surface area contributed by atoms with E-state index in [1.165, 1.54) is 25.7 Å². The molecule has 2 saturated carbocycles. The fourth-order valence-corrected chi connectivity index (χ4v) is 3.53. The van der Waals surface area contributed by atoms with Crippen LogP contribution < -0.4 is 11.1 Å². The maximum Gasteiger partial charge on any atom is 0.219 e. The molecule has 0 aromatic rings. The summed E-state index contributed by atoms with van der Waals surface area (Å²) in [5, 5.41) is 3.52.